The number of aromatic nitrogens is 2. The number of nitrogens with zero attached hydrogens (tertiary/aromatic N) is 3. The molecule has 2 amide bonds. The summed E-state index contributed by atoms with van der Waals surface area (Å²) in [5.74, 6) is 1.45. The lowest BCUT2D eigenvalue weighted by Crippen LogP contribution is -2.25. The molecule has 0 saturated carbocycles. The second-order valence-electron chi connectivity index (χ2n) is 5.78. The van der Waals surface area contributed by atoms with Crippen LogP contribution in [0.2, 0.25) is 0 Å². The molecule has 0 unspecified atom stereocenters. The van der Waals surface area contributed by atoms with Gasteiger partial charge < -0.3 is 20.7 Å². The number of nitrogens with one attached hydrogen (secondary N) is 1. The van der Waals surface area contributed by atoms with Crippen LogP contribution in [0.3, 0.4) is 0 Å². The maximum Gasteiger partial charge on any atom is 0.316 e. The summed E-state index contributed by atoms with van der Waals surface area (Å²) in [7, 11) is 0. The van der Waals surface area contributed by atoms with Crippen molar-refractivity contribution in [1.82, 2.24) is 14.9 Å². The van der Waals surface area contributed by atoms with Crippen molar-refractivity contribution in [2.24, 2.45) is 5.73 Å². The molecule has 0 aliphatic heterocycles. The van der Waals surface area contributed by atoms with Crippen molar-refractivity contribution in [1.29, 1.82) is 0 Å². The Kier molecular flexibility index (Phi) is 7.35. The maximum absolute atomic E-state index is 10.9. The molecule has 0 atom stereocenters. The first-order valence-corrected chi connectivity index (χ1v) is 8.94. The third kappa shape index (κ3) is 5.16. The van der Waals surface area contributed by atoms with Crippen molar-refractivity contribution in [3.63, 3.8) is 0 Å². The van der Waals surface area contributed by atoms with Crippen LogP contribution in [0.15, 0.2) is 30.6 Å². The van der Waals surface area contributed by atoms with Gasteiger partial charge in [0.1, 0.15) is 5.75 Å². The van der Waals surface area contributed by atoms with Gasteiger partial charge >= 0.3 is 6.03 Å². The fourth-order valence-corrected chi connectivity index (χ4v) is 2.81. The van der Waals surface area contributed by atoms with Crippen LogP contribution in [-0.4, -0.2) is 47.1 Å². The van der Waals surface area contributed by atoms with Crippen LogP contribution in [0.25, 0.3) is 11.4 Å². The van der Waals surface area contributed by atoms with Crippen LogP contribution >= 0.6 is 0 Å². The minimum atomic E-state index is -0.639. The first-order chi connectivity index (χ1) is 12.6. The van der Waals surface area contributed by atoms with Crippen LogP contribution < -0.4 is 15.8 Å². The van der Waals surface area contributed by atoms with E-state index in [0.717, 1.165) is 42.9 Å². The predicted molar refractivity (Wildman–Crippen MR) is 103 cm³/mol. The molecule has 0 saturated heterocycles. The molecular formula is C19H27N5O2. The quantitative estimate of drug-likeness (QED) is 0.720. The first-order valence-electron chi connectivity index (χ1n) is 8.94. The van der Waals surface area contributed by atoms with Gasteiger partial charge in [-0.05, 0) is 32.5 Å². The molecule has 26 heavy (non-hydrogen) atoms. The number of nitrogens with two attached hydrogens (primary N) is 1. The average molecular weight is 357 g/mol. The highest BCUT2D eigenvalue weighted by atomic mass is 16.5. The van der Waals surface area contributed by atoms with Gasteiger partial charge in [0.05, 0.1) is 24.7 Å². The Bertz CT molecular complexity index is 714. The average Bonchev–Trinajstić information content (AvgIpc) is 2.64. The lowest BCUT2D eigenvalue weighted by Gasteiger charge is -2.20. The maximum atomic E-state index is 10.9. The molecule has 3 N–H and O–H groups in total. The fraction of sp³-hybridized carbons (Fsp3) is 0.421. The van der Waals surface area contributed by atoms with E-state index in [0.29, 0.717) is 18.1 Å². The summed E-state index contributed by atoms with van der Waals surface area (Å²) in [5.41, 5.74) is 7.62. The minimum Gasteiger partial charge on any atom is -0.494 e. The number of rotatable bonds is 9. The smallest absolute Gasteiger partial charge is 0.316 e. The summed E-state index contributed by atoms with van der Waals surface area (Å²) >= 11 is 0. The van der Waals surface area contributed by atoms with Gasteiger partial charge in [0.15, 0.2) is 5.82 Å². The van der Waals surface area contributed by atoms with Gasteiger partial charge in [-0.2, -0.15) is 0 Å². The summed E-state index contributed by atoms with van der Waals surface area (Å²) in [6.45, 7) is 9.84. The van der Waals surface area contributed by atoms with Gasteiger partial charge in [-0.3, -0.25) is 0 Å². The molecular weight excluding hydrogens is 330 g/mol. The number of hydrogen-bond donors (Lipinski definition) is 2. The van der Waals surface area contributed by atoms with Crippen molar-refractivity contribution in [2.45, 2.75) is 27.2 Å². The summed E-state index contributed by atoms with van der Waals surface area (Å²) in [6.07, 6.45) is 3.95. The van der Waals surface area contributed by atoms with Crippen molar-refractivity contribution < 1.29 is 9.53 Å². The highest BCUT2D eigenvalue weighted by molar-refractivity contribution is 5.87. The number of benzene rings is 1. The fourth-order valence-electron chi connectivity index (χ4n) is 2.81. The van der Waals surface area contributed by atoms with Crippen molar-refractivity contribution in [3.05, 3.63) is 36.2 Å². The Morgan fingerprint density at radius 2 is 1.88 bits per heavy atom. The number of primary amides is 1. The van der Waals surface area contributed by atoms with E-state index < -0.39 is 6.03 Å². The largest absolute Gasteiger partial charge is 0.494 e. The molecule has 0 aliphatic carbocycles. The minimum absolute atomic E-state index is 0.465. The van der Waals surface area contributed by atoms with Gasteiger partial charge in [0, 0.05) is 17.7 Å². The molecule has 7 heteroatoms. The number of amides is 2. The molecule has 1 aromatic carbocycles. The topological polar surface area (TPSA) is 93.4 Å². The van der Waals surface area contributed by atoms with E-state index in [4.69, 9.17) is 10.5 Å². The molecule has 140 valence electrons. The highest BCUT2D eigenvalue weighted by Gasteiger charge is 2.14. The molecule has 0 spiro atoms. The zero-order valence-electron chi connectivity index (χ0n) is 15.7. The van der Waals surface area contributed by atoms with Gasteiger partial charge in [-0.25, -0.2) is 14.8 Å². The predicted octanol–water partition coefficient (Wildman–Crippen LogP) is 2.92. The van der Waals surface area contributed by atoms with E-state index in [1.165, 1.54) is 0 Å². The van der Waals surface area contributed by atoms with Crippen molar-refractivity contribution >= 4 is 11.7 Å². The van der Waals surface area contributed by atoms with Crippen molar-refractivity contribution in [3.8, 4) is 17.1 Å². The second-order valence-corrected chi connectivity index (χ2v) is 5.78. The number of ether oxygens (including phenoxy) is 1. The zero-order chi connectivity index (χ0) is 18.9. The van der Waals surface area contributed by atoms with Gasteiger partial charge in [-0.1, -0.05) is 26.0 Å². The summed E-state index contributed by atoms with van der Waals surface area (Å²) in [4.78, 5) is 22.1. The molecule has 0 fully saturated rings. The number of hydrogen-bond acceptors (Lipinski definition) is 5. The number of likely N-dealkylation sites (N-methyl/N-ethyl adjacent to an activating group) is 1. The zero-order valence-corrected chi connectivity index (χ0v) is 15.7. The Labute approximate surface area is 154 Å². The third-order valence-corrected chi connectivity index (χ3v) is 4.17. The Morgan fingerprint density at radius 3 is 2.46 bits per heavy atom. The molecule has 0 aliphatic rings. The Hall–Kier alpha value is -2.67. The van der Waals surface area contributed by atoms with Crippen LogP contribution in [0.1, 0.15) is 26.3 Å². The summed E-state index contributed by atoms with van der Waals surface area (Å²) < 4.78 is 5.83. The Morgan fingerprint density at radius 1 is 1.19 bits per heavy atom. The molecule has 2 aromatic rings. The number of carbonyl (C=O) groups is 1. The van der Waals surface area contributed by atoms with E-state index in [-0.39, 0.29) is 0 Å². The molecule has 2 rings (SSSR count). The third-order valence-electron chi connectivity index (χ3n) is 4.17. The lowest BCUT2D eigenvalue weighted by atomic mass is 10.0. The highest BCUT2D eigenvalue weighted by Crippen LogP contribution is 2.30. The van der Waals surface area contributed by atoms with Gasteiger partial charge in [0.25, 0.3) is 0 Å². The van der Waals surface area contributed by atoms with Crippen LogP contribution in [0, 0.1) is 0 Å². The SMILES string of the molecule is CCOc1cccc(-c2ncc(NC(N)=O)cn2)c1CCN(CC)CC. The van der Waals surface area contributed by atoms with Crippen LogP contribution in [0.5, 0.6) is 5.75 Å². The molecule has 0 radical (unpaired) electrons. The van der Waals surface area contributed by atoms with E-state index in [1.807, 2.05) is 25.1 Å². The van der Waals surface area contributed by atoms with E-state index in [9.17, 15) is 4.79 Å². The van der Waals surface area contributed by atoms with Crippen LogP contribution in [0.4, 0.5) is 10.5 Å². The molecule has 1 aromatic heterocycles. The Balaban J connectivity index is 2.34. The molecule has 1 heterocycles. The number of carbonyl (C=O) groups excluding carboxylic acids is 1. The standard InChI is InChI=1S/C19H27N5O2/c1-4-24(5-2)11-10-15-16(8-7-9-17(15)26-6-3)18-21-12-14(13-22-18)23-19(20)25/h7-9,12-13H,4-6,10-11H2,1-3H3,(H3,20,23,25). The van der Waals surface area contributed by atoms with Gasteiger partial charge in [0.2, 0.25) is 0 Å². The summed E-state index contributed by atoms with van der Waals surface area (Å²) in [5, 5.41) is 2.47. The lowest BCUT2D eigenvalue weighted by molar-refractivity contribution is 0.259. The molecule has 7 nitrogen and oxygen atoms in total. The summed E-state index contributed by atoms with van der Waals surface area (Å²) in [6, 6.07) is 5.28. The van der Waals surface area contributed by atoms with Crippen molar-refractivity contribution in [2.75, 3.05) is 31.6 Å². The van der Waals surface area contributed by atoms with E-state index >= 15 is 0 Å². The van der Waals surface area contributed by atoms with E-state index in [1.54, 1.807) is 12.4 Å². The van der Waals surface area contributed by atoms with Gasteiger partial charge in [-0.15, -0.1) is 0 Å². The monoisotopic (exact) mass is 357 g/mol. The first kappa shape index (κ1) is 19.7. The number of anilines is 1. The molecule has 0 bridgehead atoms. The number of urea groups is 1. The normalized spacial score (nSPS) is 10.8. The van der Waals surface area contributed by atoms with E-state index in [2.05, 4.69) is 34.0 Å². The van der Waals surface area contributed by atoms with Crippen LogP contribution in [-0.2, 0) is 6.42 Å². The second kappa shape index (κ2) is 9.72.